The summed E-state index contributed by atoms with van der Waals surface area (Å²) < 4.78 is 7.62. The predicted octanol–water partition coefficient (Wildman–Crippen LogP) is 16.3. The fourth-order valence-corrected chi connectivity index (χ4v) is 11.2. The molecule has 12 rings (SSSR count). The summed E-state index contributed by atoms with van der Waals surface area (Å²) in [5.74, 6) is 0. The maximum atomic E-state index is 2.44. The summed E-state index contributed by atoms with van der Waals surface area (Å²) in [5, 5.41) is 7.63. The third-order valence-corrected chi connectivity index (χ3v) is 13.9. The molecule has 3 aromatic heterocycles. The van der Waals surface area contributed by atoms with Gasteiger partial charge in [-0.3, -0.25) is 0 Å². The molecule has 272 valence electrons. The molecule has 9 aromatic carbocycles. The van der Waals surface area contributed by atoms with Crippen LogP contribution in [0, 0.1) is 0 Å². The molecule has 58 heavy (non-hydrogen) atoms. The quantitative estimate of drug-likeness (QED) is 0.163. The molecule has 0 aliphatic heterocycles. The molecule has 12 aromatic rings. The first-order valence-electron chi connectivity index (χ1n) is 19.7. The second kappa shape index (κ2) is 13.3. The van der Waals surface area contributed by atoms with Gasteiger partial charge in [0.05, 0.1) is 11.0 Å². The van der Waals surface area contributed by atoms with E-state index < -0.39 is 0 Å². The van der Waals surface area contributed by atoms with E-state index in [0.717, 1.165) is 22.7 Å². The summed E-state index contributed by atoms with van der Waals surface area (Å²) in [7, 11) is 0. The van der Waals surface area contributed by atoms with Gasteiger partial charge in [-0.2, -0.15) is 0 Å². The molecule has 3 heterocycles. The monoisotopic (exact) mass is 774 g/mol. The molecule has 0 saturated carbocycles. The number of anilines is 3. The van der Waals surface area contributed by atoms with Crippen molar-refractivity contribution in [1.29, 1.82) is 0 Å². The van der Waals surface area contributed by atoms with Gasteiger partial charge in [0, 0.05) is 79.4 Å². The van der Waals surface area contributed by atoms with Crippen LogP contribution in [0.1, 0.15) is 0 Å². The van der Waals surface area contributed by atoms with Crippen LogP contribution in [0.5, 0.6) is 0 Å². The largest absolute Gasteiger partial charge is 0.310 e. The summed E-state index contributed by atoms with van der Waals surface area (Å²) in [4.78, 5) is 2.44. The third kappa shape index (κ3) is 5.30. The molecule has 0 atom stereocenters. The lowest BCUT2D eigenvalue weighted by Gasteiger charge is -2.26. The van der Waals surface area contributed by atoms with E-state index in [9.17, 15) is 0 Å². The lowest BCUT2D eigenvalue weighted by molar-refractivity contribution is 1.18. The van der Waals surface area contributed by atoms with Crippen LogP contribution in [0.2, 0.25) is 0 Å². The zero-order valence-electron chi connectivity index (χ0n) is 31.3. The molecule has 0 spiro atoms. The number of aromatic nitrogens is 1. The minimum Gasteiger partial charge on any atom is -0.310 e. The van der Waals surface area contributed by atoms with Crippen LogP contribution in [0.4, 0.5) is 17.1 Å². The molecule has 4 heteroatoms. The van der Waals surface area contributed by atoms with Crippen LogP contribution in [-0.2, 0) is 0 Å². The zero-order chi connectivity index (χ0) is 38.2. The Balaban J connectivity index is 1.13. The van der Waals surface area contributed by atoms with E-state index in [-0.39, 0.29) is 0 Å². The van der Waals surface area contributed by atoms with Crippen LogP contribution >= 0.6 is 22.7 Å². The van der Waals surface area contributed by atoms with Crippen molar-refractivity contribution < 1.29 is 0 Å². The fourth-order valence-electron chi connectivity index (χ4n) is 8.89. The van der Waals surface area contributed by atoms with Crippen LogP contribution in [0.25, 0.3) is 90.1 Å². The lowest BCUT2D eigenvalue weighted by atomic mass is 9.98. The average molecular weight is 775 g/mol. The highest BCUT2D eigenvalue weighted by molar-refractivity contribution is 7.26. The molecule has 0 aliphatic carbocycles. The number of benzene rings is 9. The number of hydrogen-bond acceptors (Lipinski definition) is 3. The van der Waals surface area contributed by atoms with Gasteiger partial charge in [0.15, 0.2) is 0 Å². The van der Waals surface area contributed by atoms with Gasteiger partial charge in [-0.15, -0.1) is 22.7 Å². The number of para-hydroxylation sites is 2. The highest BCUT2D eigenvalue weighted by Crippen LogP contribution is 2.48. The standard InChI is InChI=1S/C54H34N2S2/c1-4-14-35(15-5-1)36-24-27-49-45(30-36)46-31-37(25-28-50(46)56(49)39-18-8-3-9-19-39)44-33-41(34-48-43-21-11-13-23-52(43)58-54(44)48)55(38-16-6-2-7-17-38)40-26-29-53-47(32-40)42-20-10-12-22-51(42)57-53/h1-34H. The van der Waals surface area contributed by atoms with Gasteiger partial charge in [0.1, 0.15) is 0 Å². The van der Waals surface area contributed by atoms with Crippen molar-refractivity contribution >= 4 is 102 Å². The van der Waals surface area contributed by atoms with E-state index >= 15 is 0 Å². The first kappa shape index (κ1) is 33.2. The Morgan fingerprint density at radius 1 is 0.328 bits per heavy atom. The molecular weight excluding hydrogens is 741 g/mol. The summed E-state index contributed by atoms with van der Waals surface area (Å²) in [6.45, 7) is 0. The van der Waals surface area contributed by atoms with Crippen molar-refractivity contribution in [3.63, 3.8) is 0 Å². The lowest BCUT2D eigenvalue weighted by Crippen LogP contribution is -2.10. The maximum absolute atomic E-state index is 2.44. The molecule has 0 aliphatic rings. The molecule has 0 unspecified atom stereocenters. The summed E-state index contributed by atoms with van der Waals surface area (Å²) in [5.41, 5.74) is 11.8. The Labute approximate surface area is 343 Å². The van der Waals surface area contributed by atoms with Gasteiger partial charge in [-0.25, -0.2) is 0 Å². The molecule has 0 amide bonds. The first-order chi connectivity index (χ1) is 28.7. The van der Waals surface area contributed by atoms with Crippen molar-refractivity contribution in [3.05, 3.63) is 206 Å². The maximum Gasteiger partial charge on any atom is 0.0541 e. The van der Waals surface area contributed by atoms with Crippen LogP contribution < -0.4 is 4.90 Å². The van der Waals surface area contributed by atoms with Gasteiger partial charge >= 0.3 is 0 Å². The van der Waals surface area contributed by atoms with Crippen molar-refractivity contribution in [2.24, 2.45) is 0 Å². The molecule has 2 nitrogen and oxygen atoms in total. The van der Waals surface area contributed by atoms with Gasteiger partial charge < -0.3 is 9.47 Å². The Morgan fingerprint density at radius 2 is 0.897 bits per heavy atom. The summed E-state index contributed by atoms with van der Waals surface area (Å²) in [6.07, 6.45) is 0. The Morgan fingerprint density at radius 3 is 1.64 bits per heavy atom. The Kier molecular flexibility index (Phi) is 7.62. The molecule has 0 N–H and O–H groups in total. The van der Waals surface area contributed by atoms with Crippen molar-refractivity contribution in [2.45, 2.75) is 0 Å². The first-order valence-corrected chi connectivity index (χ1v) is 21.3. The van der Waals surface area contributed by atoms with Crippen molar-refractivity contribution in [2.75, 3.05) is 4.90 Å². The van der Waals surface area contributed by atoms with Gasteiger partial charge in [0.25, 0.3) is 0 Å². The summed E-state index contributed by atoms with van der Waals surface area (Å²) in [6, 6.07) is 75.7. The highest BCUT2D eigenvalue weighted by Gasteiger charge is 2.21. The van der Waals surface area contributed by atoms with Gasteiger partial charge in [0.2, 0.25) is 0 Å². The third-order valence-electron chi connectivity index (χ3n) is 11.6. The SMILES string of the molecule is c1ccc(-c2ccc3c(c2)c2cc(-c4cc(N(c5ccccc5)c5ccc6sc7ccccc7c6c5)cc5c4sc4ccccc45)ccc2n3-c2ccccc2)cc1. The van der Waals surface area contributed by atoms with Gasteiger partial charge in [-0.05, 0) is 108 Å². The number of fused-ring (bicyclic) bond motifs is 9. The van der Waals surface area contributed by atoms with E-state index in [1.54, 1.807) is 0 Å². The molecule has 0 radical (unpaired) electrons. The van der Waals surface area contributed by atoms with E-state index in [1.807, 2.05) is 22.7 Å². The Bertz CT molecular complexity index is 3500. The zero-order valence-corrected chi connectivity index (χ0v) is 33.0. The minimum atomic E-state index is 1.13. The second-order valence-electron chi connectivity index (χ2n) is 14.9. The average Bonchev–Trinajstić information content (AvgIpc) is 3.96. The van der Waals surface area contributed by atoms with Crippen molar-refractivity contribution in [3.8, 4) is 27.9 Å². The van der Waals surface area contributed by atoms with E-state index in [2.05, 4.69) is 216 Å². The van der Waals surface area contributed by atoms with Crippen LogP contribution in [0.15, 0.2) is 206 Å². The topological polar surface area (TPSA) is 8.17 Å². The molecule has 0 bridgehead atoms. The number of nitrogens with zero attached hydrogens (tertiary/aromatic N) is 2. The normalized spacial score (nSPS) is 11.8. The van der Waals surface area contributed by atoms with Gasteiger partial charge in [-0.1, -0.05) is 115 Å². The highest BCUT2D eigenvalue weighted by atomic mass is 32.1. The molecule has 0 fully saturated rings. The van der Waals surface area contributed by atoms with E-state index in [0.29, 0.717) is 0 Å². The fraction of sp³-hybridized carbons (Fsp3) is 0. The Hall–Kier alpha value is -6.98. The number of thiophene rings is 2. The number of hydrogen-bond donors (Lipinski definition) is 0. The smallest absolute Gasteiger partial charge is 0.0541 e. The van der Waals surface area contributed by atoms with E-state index in [1.165, 1.54) is 84.4 Å². The predicted molar refractivity (Wildman–Crippen MR) is 252 cm³/mol. The van der Waals surface area contributed by atoms with E-state index in [4.69, 9.17) is 0 Å². The number of rotatable bonds is 6. The molecule has 0 saturated heterocycles. The summed E-state index contributed by atoms with van der Waals surface area (Å²) >= 11 is 3.75. The minimum absolute atomic E-state index is 1.13. The van der Waals surface area contributed by atoms with Crippen LogP contribution in [0.3, 0.4) is 0 Å². The van der Waals surface area contributed by atoms with Crippen molar-refractivity contribution in [1.82, 2.24) is 4.57 Å². The second-order valence-corrected chi connectivity index (χ2v) is 17.1. The molecular formula is C54H34N2S2. The van der Waals surface area contributed by atoms with Crippen LogP contribution in [-0.4, -0.2) is 4.57 Å².